The molecule has 0 amide bonds. The highest BCUT2D eigenvalue weighted by molar-refractivity contribution is 9.10. The molecular weight excluding hydrogens is 264 g/mol. The first-order chi connectivity index (χ1) is 7.58. The zero-order valence-electron chi connectivity index (χ0n) is 9.91. The van der Waals surface area contributed by atoms with Crippen LogP contribution in [0, 0.1) is 12.8 Å². The lowest BCUT2D eigenvalue weighted by molar-refractivity contribution is 0.382. The van der Waals surface area contributed by atoms with E-state index >= 15 is 0 Å². The summed E-state index contributed by atoms with van der Waals surface area (Å²) in [4.78, 5) is 2.44. The second-order valence-electron chi connectivity index (χ2n) is 4.83. The predicted octanol–water partition coefficient (Wildman–Crippen LogP) is 2.93. The van der Waals surface area contributed by atoms with Crippen LogP contribution >= 0.6 is 15.9 Å². The van der Waals surface area contributed by atoms with Gasteiger partial charge >= 0.3 is 0 Å². The Balaban J connectivity index is 2.21. The van der Waals surface area contributed by atoms with Crippen LogP contribution in [-0.4, -0.2) is 19.1 Å². The summed E-state index contributed by atoms with van der Waals surface area (Å²) in [6.07, 6.45) is 1.08. The van der Waals surface area contributed by atoms with Crippen molar-refractivity contribution in [2.75, 3.05) is 18.0 Å². The average Bonchev–Trinajstić information content (AvgIpc) is 2.26. The molecule has 2 rings (SSSR count). The molecule has 1 aromatic carbocycles. The van der Waals surface area contributed by atoms with E-state index in [0.29, 0.717) is 12.0 Å². The maximum Gasteiger partial charge on any atom is 0.0513 e. The Hall–Kier alpha value is -0.540. The van der Waals surface area contributed by atoms with Gasteiger partial charge < -0.3 is 10.6 Å². The monoisotopic (exact) mass is 282 g/mol. The van der Waals surface area contributed by atoms with E-state index in [-0.39, 0.29) is 0 Å². The van der Waals surface area contributed by atoms with Gasteiger partial charge in [-0.3, -0.25) is 0 Å². The van der Waals surface area contributed by atoms with Gasteiger partial charge in [0.25, 0.3) is 0 Å². The first kappa shape index (κ1) is 11.9. The van der Waals surface area contributed by atoms with E-state index in [1.165, 1.54) is 15.7 Å². The van der Waals surface area contributed by atoms with Crippen molar-refractivity contribution in [3.63, 3.8) is 0 Å². The molecule has 0 spiro atoms. The molecule has 1 aliphatic heterocycles. The van der Waals surface area contributed by atoms with E-state index in [0.717, 1.165) is 19.5 Å². The van der Waals surface area contributed by atoms with Gasteiger partial charge in [0.1, 0.15) is 0 Å². The first-order valence-electron chi connectivity index (χ1n) is 5.84. The highest BCUT2D eigenvalue weighted by Gasteiger charge is 2.24. The Kier molecular flexibility index (Phi) is 3.55. The largest absolute Gasteiger partial charge is 0.370 e. The molecule has 0 saturated carbocycles. The predicted molar refractivity (Wildman–Crippen MR) is 72.8 cm³/mol. The number of anilines is 1. The summed E-state index contributed by atoms with van der Waals surface area (Å²) < 4.78 is 1.18. The minimum absolute atomic E-state index is 0.361. The number of benzene rings is 1. The fraction of sp³-hybridized carbons (Fsp3) is 0.538. The second-order valence-corrected chi connectivity index (χ2v) is 5.69. The van der Waals surface area contributed by atoms with Crippen LogP contribution in [0.5, 0.6) is 0 Å². The Morgan fingerprint density at radius 1 is 1.44 bits per heavy atom. The van der Waals surface area contributed by atoms with Crippen LogP contribution in [0.4, 0.5) is 5.69 Å². The number of hydrogen-bond acceptors (Lipinski definition) is 2. The molecule has 2 unspecified atom stereocenters. The topological polar surface area (TPSA) is 29.3 Å². The molecule has 1 aromatic rings. The number of aryl methyl sites for hydroxylation is 1. The molecule has 0 radical (unpaired) electrons. The smallest absolute Gasteiger partial charge is 0.0513 e. The molecule has 0 aliphatic carbocycles. The second kappa shape index (κ2) is 4.76. The van der Waals surface area contributed by atoms with Gasteiger partial charge in [-0.05, 0) is 52.9 Å². The normalized spacial score (nSPS) is 25.9. The van der Waals surface area contributed by atoms with E-state index in [4.69, 9.17) is 5.73 Å². The summed E-state index contributed by atoms with van der Waals surface area (Å²) in [6.45, 7) is 6.49. The Morgan fingerprint density at radius 3 is 2.88 bits per heavy atom. The molecule has 88 valence electrons. The third kappa shape index (κ3) is 2.41. The van der Waals surface area contributed by atoms with Gasteiger partial charge in [0.05, 0.1) is 5.69 Å². The van der Waals surface area contributed by atoms with E-state index in [9.17, 15) is 0 Å². The van der Waals surface area contributed by atoms with Crippen molar-refractivity contribution < 1.29 is 0 Å². The van der Waals surface area contributed by atoms with E-state index in [2.05, 4.69) is 52.9 Å². The van der Waals surface area contributed by atoms with E-state index < -0.39 is 0 Å². The molecule has 1 fully saturated rings. The van der Waals surface area contributed by atoms with Crippen LogP contribution < -0.4 is 10.6 Å². The summed E-state index contributed by atoms with van der Waals surface area (Å²) in [5.41, 5.74) is 8.66. The molecule has 16 heavy (non-hydrogen) atoms. The molecule has 3 heteroatoms. The molecule has 2 atom stereocenters. The number of nitrogens with two attached hydrogens (primary N) is 1. The number of rotatable bonds is 1. The van der Waals surface area contributed by atoms with E-state index in [1.807, 2.05) is 0 Å². The van der Waals surface area contributed by atoms with Gasteiger partial charge in [0.2, 0.25) is 0 Å². The summed E-state index contributed by atoms with van der Waals surface area (Å²) in [7, 11) is 0. The summed E-state index contributed by atoms with van der Waals surface area (Å²) >= 11 is 3.63. The molecular formula is C13H19BrN2. The van der Waals surface area contributed by atoms with Gasteiger partial charge in [-0.2, -0.15) is 0 Å². The molecule has 1 saturated heterocycles. The summed E-state index contributed by atoms with van der Waals surface area (Å²) in [5, 5.41) is 0. The number of halogens is 1. The maximum atomic E-state index is 6.05. The zero-order chi connectivity index (χ0) is 11.7. The van der Waals surface area contributed by atoms with Crippen molar-refractivity contribution in [3.05, 3.63) is 28.2 Å². The summed E-state index contributed by atoms with van der Waals surface area (Å²) in [5.74, 6) is 0.571. The maximum absolute atomic E-state index is 6.05. The van der Waals surface area contributed by atoms with E-state index in [1.54, 1.807) is 0 Å². The third-order valence-corrected chi connectivity index (χ3v) is 4.08. The number of piperidine rings is 1. The molecule has 1 heterocycles. The van der Waals surface area contributed by atoms with Gasteiger partial charge in [-0.15, -0.1) is 0 Å². The molecule has 0 bridgehead atoms. The molecule has 0 aromatic heterocycles. The van der Waals surface area contributed by atoms with Gasteiger partial charge in [-0.25, -0.2) is 0 Å². The minimum atomic E-state index is 0.361. The SMILES string of the molecule is Cc1ccc(Br)c(N2CCC(N)C(C)C2)c1. The van der Waals surface area contributed by atoms with Crippen molar-refractivity contribution in [1.82, 2.24) is 0 Å². The van der Waals surface area contributed by atoms with Crippen LogP contribution in [-0.2, 0) is 0 Å². The standard InChI is InChI=1S/C13H19BrN2/c1-9-3-4-11(14)13(7-9)16-6-5-12(15)10(2)8-16/h3-4,7,10,12H,5-6,8,15H2,1-2H3. The van der Waals surface area contributed by atoms with Gasteiger partial charge in [0, 0.05) is 23.6 Å². The fourth-order valence-corrected chi connectivity index (χ4v) is 2.74. The highest BCUT2D eigenvalue weighted by Crippen LogP contribution is 2.30. The van der Waals surface area contributed by atoms with Crippen molar-refractivity contribution in [1.29, 1.82) is 0 Å². The van der Waals surface area contributed by atoms with Gasteiger partial charge in [-0.1, -0.05) is 13.0 Å². The third-order valence-electron chi connectivity index (χ3n) is 3.41. The van der Waals surface area contributed by atoms with Crippen LogP contribution in [0.15, 0.2) is 22.7 Å². The average molecular weight is 283 g/mol. The lowest BCUT2D eigenvalue weighted by Crippen LogP contribution is -2.46. The Bertz CT molecular complexity index is 378. The van der Waals surface area contributed by atoms with Crippen molar-refractivity contribution in [2.24, 2.45) is 11.7 Å². The van der Waals surface area contributed by atoms with Crippen molar-refractivity contribution >= 4 is 21.6 Å². The first-order valence-corrected chi connectivity index (χ1v) is 6.64. The summed E-state index contributed by atoms with van der Waals surface area (Å²) in [6, 6.07) is 6.87. The lowest BCUT2D eigenvalue weighted by atomic mass is 9.94. The van der Waals surface area contributed by atoms with Crippen LogP contribution in [0.3, 0.4) is 0 Å². The lowest BCUT2D eigenvalue weighted by Gasteiger charge is -2.37. The highest BCUT2D eigenvalue weighted by atomic mass is 79.9. The molecule has 2 nitrogen and oxygen atoms in total. The number of nitrogens with zero attached hydrogens (tertiary/aromatic N) is 1. The van der Waals surface area contributed by atoms with Crippen molar-refractivity contribution in [2.45, 2.75) is 26.3 Å². The van der Waals surface area contributed by atoms with Crippen LogP contribution in [0.25, 0.3) is 0 Å². The van der Waals surface area contributed by atoms with Crippen LogP contribution in [0.2, 0.25) is 0 Å². The quantitative estimate of drug-likeness (QED) is 0.858. The zero-order valence-corrected chi connectivity index (χ0v) is 11.5. The van der Waals surface area contributed by atoms with Gasteiger partial charge in [0.15, 0.2) is 0 Å². The minimum Gasteiger partial charge on any atom is -0.370 e. The van der Waals surface area contributed by atoms with Crippen LogP contribution in [0.1, 0.15) is 18.9 Å². The fourth-order valence-electron chi connectivity index (χ4n) is 2.25. The Labute approximate surface area is 106 Å². The number of hydrogen-bond donors (Lipinski definition) is 1. The van der Waals surface area contributed by atoms with Crippen molar-refractivity contribution in [3.8, 4) is 0 Å². The molecule has 1 aliphatic rings. The Morgan fingerprint density at radius 2 is 2.19 bits per heavy atom. The molecule has 2 N–H and O–H groups in total.